The molecular formula is C25H26F3N5O2. The van der Waals surface area contributed by atoms with Gasteiger partial charge in [-0.15, -0.1) is 0 Å². The molecule has 0 saturated carbocycles. The highest BCUT2D eigenvalue weighted by atomic mass is 19.4. The van der Waals surface area contributed by atoms with Crippen molar-refractivity contribution in [3.05, 3.63) is 65.2 Å². The van der Waals surface area contributed by atoms with E-state index in [0.29, 0.717) is 44.2 Å². The molecule has 1 aliphatic heterocycles. The lowest BCUT2D eigenvalue weighted by molar-refractivity contribution is -0.137. The maximum Gasteiger partial charge on any atom is 0.417 e. The number of halogens is 3. The highest BCUT2D eigenvalue weighted by molar-refractivity contribution is 6.06. The molecule has 10 heteroatoms. The van der Waals surface area contributed by atoms with Crippen molar-refractivity contribution in [1.29, 1.82) is 0 Å². The standard InChI is InChI=1S/C25H26F3N5O2/c1-3-29-24-31-19(15-20(32-24)33-11-13-35-14-12-33)21-18(10-9-16(2)22(21)25(26,27)28)30-23(34)17-7-5-4-6-8-17/h4-10,15H,3,11-14H2,1-2H3,(H,30,34)(H,29,31,32). The van der Waals surface area contributed by atoms with E-state index in [2.05, 4.69) is 20.6 Å². The summed E-state index contributed by atoms with van der Waals surface area (Å²) in [6, 6.07) is 12.7. The first-order chi connectivity index (χ1) is 16.8. The van der Waals surface area contributed by atoms with E-state index < -0.39 is 17.6 Å². The van der Waals surface area contributed by atoms with Crippen LogP contribution in [0.5, 0.6) is 0 Å². The Bertz CT molecular complexity index is 1200. The van der Waals surface area contributed by atoms with Gasteiger partial charge in [-0.3, -0.25) is 4.79 Å². The zero-order valence-electron chi connectivity index (χ0n) is 19.4. The van der Waals surface area contributed by atoms with Gasteiger partial charge in [0, 0.05) is 36.8 Å². The van der Waals surface area contributed by atoms with Crippen LogP contribution in [0.3, 0.4) is 0 Å². The van der Waals surface area contributed by atoms with E-state index in [4.69, 9.17) is 4.74 Å². The number of hydrogen-bond acceptors (Lipinski definition) is 6. The van der Waals surface area contributed by atoms with Crippen LogP contribution in [0.1, 0.15) is 28.4 Å². The fraction of sp³-hybridized carbons (Fsp3) is 0.320. The number of benzene rings is 2. The predicted molar refractivity (Wildman–Crippen MR) is 129 cm³/mol. The van der Waals surface area contributed by atoms with Crippen molar-refractivity contribution in [1.82, 2.24) is 9.97 Å². The molecule has 0 unspecified atom stereocenters. The largest absolute Gasteiger partial charge is 0.417 e. The Morgan fingerprint density at radius 2 is 1.80 bits per heavy atom. The van der Waals surface area contributed by atoms with Crippen LogP contribution < -0.4 is 15.5 Å². The number of alkyl halides is 3. The van der Waals surface area contributed by atoms with Gasteiger partial charge in [-0.2, -0.15) is 18.2 Å². The Morgan fingerprint density at radius 1 is 1.09 bits per heavy atom. The van der Waals surface area contributed by atoms with Gasteiger partial charge in [-0.25, -0.2) is 4.98 Å². The van der Waals surface area contributed by atoms with E-state index in [1.807, 2.05) is 11.8 Å². The molecule has 0 radical (unpaired) electrons. The molecule has 1 saturated heterocycles. The van der Waals surface area contributed by atoms with Crippen LogP contribution in [0.25, 0.3) is 11.3 Å². The molecule has 0 spiro atoms. The number of carbonyl (C=O) groups is 1. The summed E-state index contributed by atoms with van der Waals surface area (Å²) in [4.78, 5) is 23.7. The van der Waals surface area contributed by atoms with Gasteiger partial charge in [-0.1, -0.05) is 24.3 Å². The highest BCUT2D eigenvalue weighted by Gasteiger charge is 2.37. The molecule has 0 aliphatic carbocycles. The molecule has 2 heterocycles. The van der Waals surface area contributed by atoms with Crippen molar-refractivity contribution in [3.8, 4) is 11.3 Å². The molecule has 0 atom stereocenters. The number of hydrogen-bond donors (Lipinski definition) is 2. The van der Waals surface area contributed by atoms with E-state index in [1.54, 1.807) is 30.3 Å². The van der Waals surface area contributed by atoms with Gasteiger partial charge >= 0.3 is 6.18 Å². The zero-order valence-corrected chi connectivity index (χ0v) is 19.4. The summed E-state index contributed by atoms with van der Waals surface area (Å²) < 4.78 is 48.4. The first kappa shape index (κ1) is 24.5. The Hall–Kier alpha value is -3.66. The molecule has 3 aromatic rings. The van der Waals surface area contributed by atoms with Crippen LogP contribution in [0.2, 0.25) is 0 Å². The molecule has 1 amide bonds. The number of carbonyl (C=O) groups excluding carboxylic acids is 1. The summed E-state index contributed by atoms with van der Waals surface area (Å²) >= 11 is 0. The molecular weight excluding hydrogens is 459 g/mol. The molecule has 1 aliphatic rings. The molecule has 4 rings (SSSR count). The maximum atomic E-state index is 14.3. The number of aryl methyl sites for hydroxylation is 1. The van der Waals surface area contributed by atoms with Crippen LogP contribution >= 0.6 is 0 Å². The Morgan fingerprint density at radius 3 is 2.46 bits per heavy atom. The third kappa shape index (κ3) is 5.54. The number of amides is 1. The summed E-state index contributed by atoms with van der Waals surface area (Å²) in [5.74, 6) is 0.184. The lowest BCUT2D eigenvalue weighted by Gasteiger charge is -2.28. The third-order valence-electron chi connectivity index (χ3n) is 5.62. The van der Waals surface area contributed by atoms with E-state index in [0.717, 1.165) is 0 Å². The molecule has 1 fully saturated rings. The van der Waals surface area contributed by atoms with Crippen LogP contribution in [0, 0.1) is 6.92 Å². The second-order valence-electron chi connectivity index (χ2n) is 8.06. The minimum atomic E-state index is -4.67. The molecule has 2 aromatic carbocycles. The normalized spacial score (nSPS) is 14.0. The maximum absolute atomic E-state index is 14.3. The van der Waals surface area contributed by atoms with E-state index in [1.165, 1.54) is 25.1 Å². The fourth-order valence-electron chi connectivity index (χ4n) is 3.98. The van der Waals surface area contributed by atoms with Crippen LogP contribution in [0.15, 0.2) is 48.5 Å². The van der Waals surface area contributed by atoms with Gasteiger partial charge in [0.05, 0.1) is 30.2 Å². The topological polar surface area (TPSA) is 79.4 Å². The van der Waals surface area contributed by atoms with E-state index in [9.17, 15) is 18.0 Å². The number of rotatable bonds is 6. The van der Waals surface area contributed by atoms with Crippen LogP contribution in [0.4, 0.5) is 30.6 Å². The number of aromatic nitrogens is 2. The average molecular weight is 486 g/mol. The molecule has 1 aromatic heterocycles. The minimum Gasteiger partial charge on any atom is -0.378 e. The number of anilines is 3. The first-order valence-corrected chi connectivity index (χ1v) is 11.3. The highest BCUT2D eigenvalue weighted by Crippen LogP contribution is 2.43. The summed E-state index contributed by atoms with van der Waals surface area (Å²) in [6.45, 7) is 5.83. The van der Waals surface area contributed by atoms with Crippen molar-refractivity contribution in [2.24, 2.45) is 0 Å². The van der Waals surface area contributed by atoms with Crippen molar-refractivity contribution < 1.29 is 22.7 Å². The zero-order chi connectivity index (χ0) is 25.0. The molecule has 7 nitrogen and oxygen atoms in total. The molecule has 2 N–H and O–H groups in total. The van der Waals surface area contributed by atoms with Crippen molar-refractivity contribution in [3.63, 3.8) is 0 Å². The number of nitrogens with zero attached hydrogens (tertiary/aromatic N) is 3. The molecule has 184 valence electrons. The van der Waals surface area contributed by atoms with Gasteiger partial charge in [0.25, 0.3) is 5.91 Å². The SMILES string of the molecule is CCNc1nc(-c2c(NC(=O)c3ccccc3)ccc(C)c2C(F)(F)F)cc(N2CCOCC2)n1. The predicted octanol–water partition coefficient (Wildman–Crippen LogP) is 4.99. The van der Waals surface area contributed by atoms with Gasteiger partial charge in [-0.05, 0) is 37.6 Å². The number of ether oxygens (including phenoxy) is 1. The Labute approximate surface area is 201 Å². The monoisotopic (exact) mass is 485 g/mol. The quantitative estimate of drug-likeness (QED) is 0.512. The first-order valence-electron chi connectivity index (χ1n) is 11.3. The fourth-order valence-corrected chi connectivity index (χ4v) is 3.98. The Kier molecular flexibility index (Phi) is 7.20. The van der Waals surface area contributed by atoms with Gasteiger partial charge in [0.15, 0.2) is 0 Å². The average Bonchev–Trinajstić information content (AvgIpc) is 2.85. The van der Waals surface area contributed by atoms with Crippen molar-refractivity contribution >= 4 is 23.4 Å². The van der Waals surface area contributed by atoms with Crippen molar-refractivity contribution in [2.75, 3.05) is 48.4 Å². The second-order valence-corrected chi connectivity index (χ2v) is 8.06. The summed E-state index contributed by atoms with van der Waals surface area (Å²) in [5, 5.41) is 5.67. The van der Waals surface area contributed by atoms with Crippen LogP contribution in [-0.4, -0.2) is 48.7 Å². The lowest BCUT2D eigenvalue weighted by atomic mass is 9.96. The van der Waals surface area contributed by atoms with Crippen molar-refractivity contribution in [2.45, 2.75) is 20.0 Å². The van der Waals surface area contributed by atoms with Gasteiger partial charge in [0.2, 0.25) is 5.95 Å². The minimum absolute atomic E-state index is 0.0193. The number of nitrogens with one attached hydrogen (secondary N) is 2. The van der Waals surface area contributed by atoms with E-state index in [-0.39, 0.29) is 28.5 Å². The Balaban J connectivity index is 1.89. The summed E-state index contributed by atoms with van der Waals surface area (Å²) in [5.41, 5.74) is -0.600. The molecule has 35 heavy (non-hydrogen) atoms. The smallest absolute Gasteiger partial charge is 0.378 e. The van der Waals surface area contributed by atoms with E-state index >= 15 is 0 Å². The summed E-state index contributed by atoms with van der Waals surface area (Å²) in [6.07, 6.45) is -4.67. The third-order valence-corrected chi connectivity index (χ3v) is 5.62. The summed E-state index contributed by atoms with van der Waals surface area (Å²) in [7, 11) is 0. The number of morpholine rings is 1. The van der Waals surface area contributed by atoms with Gasteiger partial charge < -0.3 is 20.3 Å². The van der Waals surface area contributed by atoms with Crippen LogP contribution in [-0.2, 0) is 10.9 Å². The van der Waals surface area contributed by atoms with Gasteiger partial charge in [0.1, 0.15) is 5.82 Å². The lowest BCUT2D eigenvalue weighted by Crippen LogP contribution is -2.37. The molecule has 0 bridgehead atoms. The second kappa shape index (κ2) is 10.3.